The minimum absolute atomic E-state index is 0.0318. The number of aromatic nitrogens is 3. The highest BCUT2D eigenvalue weighted by Crippen LogP contribution is 2.42. The van der Waals surface area contributed by atoms with E-state index in [1.807, 2.05) is 24.3 Å². The van der Waals surface area contributed by atoms with Gasteiger partial charge in [0.15, 0.2) is 5.82 Å². The van der Waals surface area contributed by atoms with Crippen LogP contribution < -0.4 is 5.69 Å². The zero-order valence-electron chi connectivity index (χ0n) is 20.0. The average molecular weight is 555 g/mol. The summed E-state index contributed by atoms with van der Waals surface area (Å²) < 4.78 is 13.8. The number of aryl methyl sites for hydroxylation is 1. The molecule has 1 aliphatic rings. The molecule has 0 bridgehead atoms. The molecule has 37 heavy (non-hydrogen) atoms. The van der Waals surface area contributed by atoms with Crippen molar-refractivity contribution in [2.75, 3.05) is 18.8 Å². The van der Waals surface area contributed by atoms with Gasteiger partial charge in [0.2, 0.25) is 5.91 Å². The number of hydrogen-bond acceptors (Lipinski definition) is 6. The maximum absolute atomic E-state index is 13.8. The van der Waals surface area contributed by atoms with Crippen molar-refractivity contribution in [1.29, 1.82) is 0 Å². The summed E-state index contributed by atoms with van der Waals surface area (Å²) in [5.41, 5.74) is 3.67. The first-order valence-corrected chi connectivity index (χ1v) is 14.0. The Morgan fingerprint density at radius 3 is 2.51 bits per heavy atom. The van der Waals surface area contributed by atoms with Crippen LogP contribution in [0.25, 0.3) is 21.7 Å². The van der Waals surface area contributed by atoms with Gasteiger partial charge in [0, 0.05) is 29.6 Å². The number of nitrogens with zero attached hydrogens (tertiary/aromatic N) is 3. The lowest BCUT2D eigenvalue weighted by Crippen LogP contribution is -2.39. The Bertz CT molecular complexity index is 1400. The zero-order chi connectivity index (χ0) is 25.9. The smallest absolute Gasteiger partial charge is 0.342 e. The van der Waals surface area contributed by atoms with E-state index >= 15 is 0 Å². The summed E-state index contributed by atoms with van der Waals surface area (Å²) in [6.07, 6.45) is 2.48. The van der Waals surface area contributed by atoms with Crippen LogP contribution in [0.5, 0.6) is 0 Å². The summed E-state index contributed by atoms with van der Waals surface area (Å²) in [7, 11) is 0. The first-order valence-electron chi connectivity index (χ1n) is 11.9. The van der Waals surface area contributed by atoms with Crippen molar-refractivity contribution in [2.45, 2.75) is 30.7 Å². The molecule has 4 aromatic rings. The maximum Gasteiger partial charge on any atom is 0.345 e. The fourth-order valence-corrected chi connectivity index (χ4v) is 6.47. The van der Waals surface area contributed by atoms with Gasteiger partial charge in [0.05, 0.1) is 27.5 Å². The molecule has 0 unspecified atom stereocenters. The van der Waals surface area contributed by atoms with Gasteiger partial charge in [-0.2, -0.15) is 4.98 Å². The molecule has 1 saturated heterocycles. The Morgan fingerprint density at radius 1 is 1.14 bits per heavy atom. The predicted molar refractivity (Wildman–Crippen MR) is 147 cm³/mol. The molecular weight excluding hydrogens is 531 g/mol. The average Bonchev–Trinajstić information content (AvgIpc) is 3.35. The number of nitrogens with one attached hydrogen (secondary N) is 1. The number of hydrogen-bond donors (Lipinski definition) is 1. The number of likely N-dealkylation sites (tertiary alicyclic amines) is 1. The van der Waals surface area contributed by atoms with Crippen LogP contribution in [0, 0.1) is 12.7 Å². The number of rotatable bonds is 6. The van der Waals surface area contributed by atoms with Crippen LogP contribution in [0.2, 0.25) is 5.02 Å². The van der Waals surface area contributed by atoms with Crippen LogP contribution in [0.4, 0.5) is 4.39 Å². The number of piperidine rings is 1. The molecule has 0 saturated carbocycles. The summed E-state index contributed by atoms with van der Waals surface area (Å²) in [5, 5.41) is 1.78. The van der Waals surface area contributed by atoms with E-state index in [4.69, 9.17) is 16.6 Å². The maximum atomic E-state index is 13.8. The molecule has 2 aromatic carbocycles. The molecule has 0 atom stereocenters. The van der Waals surface area contributed by atoms with E-state index in [2.05, 4.69) is 41.2 Å². The molecule has 6 nitrogen and oxygen atoms in total. The number of benzene rings is 2. The first kappa shape index (κ1) is 25.6. The molecule has 1 N–H and O–H groups in total. The van der Waals surface area contributed by atoms with Crippen LogP contribution >= 0.6 is 34.7 Å². The second kappa shape index (κ2) is 11.2. The molecule has 1 fully saturated rings. The topological polar surface area (TPSA) is 79.0 Å². The van der Waals surface area contributed by atoms with Crippen molar-refractivity contribution in [3.63, 3.8) is 0 Å². The highest BCUT2D eigenvalue weighted by Gasteiger charge is 2.27. The van der Waals surface area contributed by atoms with E-state index in [1.54, 1.807) is 16.2 Å². The van der Waals surface area contributed by atoms with Gasteiger partial charge in [-0.05, 0) is 37.5 Å². The Labute approximate surface area is 226 Å². The molecular formula is C27H24ClFN4O2S2. The van der Waals surface area contributed by atoms with Crippen molar-refractivity contribution in [3.8, 4) is 21.7 Å². The van der Waals surface area contributed by atoms with Crippen LogP contribution in [0.3, 0.4) is 0 Å². The third kappa shape index (κ3) is 5.95. The zero-order valence-corrected chi connectivity index (χ0v) is 22.4. The summed E-state index contributed by atoms with van der Waals surface area (Å²) in [6.45, 7) is 3.28. The third-order valence-corrected chi connectivity index (χ3v) is 8.84. The highest BCUT2D eigenvalue weighted by molar-refractivity contribution is 7.99. The number of H-pyrrole nitrogens is 1. The number of amides is 1. The fourth-order valence-electron chi connectivity index (χ4n) is 4.28. The van der Waals surface area contributed by atoms with Gasteiger partial charge in [-0.15, -0.1) is 11.3 Å². The monoisotopic (exact) mass is 554 g/mol. The van der Waals surface area contributed by atoms with Crippen LogP contribution in [-0.2, 0) is 4.79 Å². The largest absolute Gasteiger partial charge is 0.345 e. The molecule has 1 amide bonds. The van der Waals surface area contributed by atoms with Crippen molar-refractivity contribution in [1.82, 2.24) is 19.9 Å². The summed E-state index contributed by atoms with van der Waals surface area (Å²) in [4.78, 5) is 37.8. The van der Waals surface area contributed by atoms with Gasteiger partial charge in [0.25, 0.3) is 0 Å². The number of aromatic amines is 1. The molecule has 1 aliphatic heterocycles. The normalized spacial score (nSPS) is 14.2. The van der Waals surface area contributed by atoms with Crippen molar-refractivity contribution < 1.29 is 9.18 Å². The van der Waals surface area contributed by atoms with Gasteiger partial charge in [-0.1, -0.05) is 65.3 Å². The van der Waals surface area contributed by atoms with E-state index in [-0.39, 0.29) is 22.6 Å². The number of thiazole rings is 1. The van der Waals surface area contributed by atoms with Gasteiger partial charge < -0.3 is 4.90 Å². The number of carbonyl (C=O) groups excluding carboxylic acids is 1. The molecule has 0 spiro atoms. The first-order chi connectivity index (χ1) is 17.9. The summed E-state index contributed by atoms with van der Waals surface area (Å²) >= 11 is 8.82. The molecule has 190 valence electrons. The minimum Gasteiger partial charge on any atom is -0.342 e. The third-order valence-electron chi connectivity index (χ3n) is 6.34. The summed E-state index contributed by atoms with van der Waals surface area (Å²) in [6, 6.07) is 16.2. The standard InChI is InChI=1S/C27H24ClFN4O2S2/c1-16-2-4-18(5-3-16)24-23(17-6-8-20(28)9-7-17)31-25(37-24)19-10-12-33(13-11-19)22(34)15-36-26-21(29)14-30-27(35)32-26/h2-9,14,19H,10-13,15H2,1H3,(H,30,32,35). The number of thioether (sulfide) groups is 1. The minimum atomic E-state index is -0.638. The van der Waals surface area contributed by atoms with E-state index in [0.29, 0.717) is 18.1 Å². The molecule has 3 heterocycles. The van der Waals surface area contributed by atoms with E-state index in [1.165, 1.54) is 5.56 Å². The molecule has 2 aromatic heterocycles. The van der Waals surface area contributed by atoms with Crippen LogP contribution in [0.1, 0.15) is 29.3 Å². The Kier molecular flexibility index (Phi) is 7.73. The quantitative estimate of drug-likeness (QED) is 0.228. The summed E-state index contributed by atoms with van der Waals surface area (Å²) in [5.74, 6) is -0.416. The van der Waals surface area contributed by atoms with Crippen molar-refractivity contribution in [3.05, 3.63) is 86.6 Å². The van der Waals surface area contributed by atoms with Gasteiger partial charge >= 0.3 is 5.69 Å². The van der Waals surface area contributed by atoms with Gasteiger partial charge in [-0.3, -0.25) is 9.78 Å². The SMILES string of the molecule is Cc1ccc(-c2sc(C3CCN(C(=O)CSc4[nH]c(=O)ncc4F)CC3)nc2-c2ccc(Cl)cc2)cc1. The van der Waals surface area contributed by atoms with E-state index in [0.717, 1.165) is 57.5 Å². The van der Waals surface area contributed by atoms with Crippen molar-refractivity contribution >= 4 is 40.6 Å². The Morgan fingerprint density at radius 2 is 1.81 bits per heavy atom. The molecule has 0 radical (unpaired) electrons. The van der Waals surface area contributed by atoms with E-state index in [9.17, 15) is 14.0 Å². The lowest BCUT2D eigenvalue weighted by atomic mass is 9.97. The van der Waals surface area contributed by atoms with Crippen LogP contribution in [0.15, 0.2) is 64.5 Å². The number of halogens is 2. The molecule has 0 aliphatic carbocycles. The second-order valence-electron chi connectivity index (χ2n) is 8.91. The van der Waals surface area contributed by atoms with Crippen LogP contribution in [-0.4, -0.2) is 44.6 Å². The molecule has 5 rings (SSSR count). The fraction of sp³-hybridized carbons (Fsp3) is 0.259. The highest BCUT2D eigenvalue weighted by atomic mass is 35.5. The van der Waals surface area contributed by atoms with Crippen molar-refractivity contribution in [2.24, 2.45) is 0 Å². The molecule has 10 heteroatoms. The lowest BCUT2D eigenvalue weighted by molar-refractivity contribution is -0.129. The predicted octanol–water partition coefficient (Wildman–Crippen LogP) is 6.16. The van der Waals surface area contributed by atoms with E-state index < -0.39 is 11.5 Å². The van der Waals surface area contributed by atoms with Gasteiger partial charge in [0.1, 0.15) is 5.03 Å². The Balaban J connectivity index is 1.30. The Hall–Kier alpha value is -3.01. The number of carbonyl (C=O) groups is 1. The van der Waals surface area contributed by atoms with Gasteiger partial charge in [-0.25, -0.2) is 14.2 Å². The lowest BCUT2D eigenvalue weighted by Gasteiger charge is -2.31. The second-order valence-corrected chi connectivity index (χ2v) is 11.4.